The van der Waals surface area contributed by atoms with Crippen LogP contribution in [-0.4, -0.2) is 21.9 Å². The number of hydrazine groups is 1. The summed E-state index contributed by atoms with van der Waals surface area (Å²) < 4.78 is 7.07. The Bertz CT molecular complexity index is 768. The molecule has 3 aromatic rings. The Hall–Kier alpha value is -2.44. The van der Waals surface area contributed by atoms with Crippen LogP contribution in [0.5, 0.6) is 5.75 Å². The van der Waals surface area contributed by atoms with E-state index in [1.165, 1.54) is 0 Å². The number of aryl methyl sites for hydroxylation is 1. The summed E-state index contributed by atoms with van der Waals surface area (Å²) in [6.45, 7) is 0. The highest BCUT2D eigenvalue weighted by Crippen LogP contribution is 2.28. The molecule has 2 heterocycles. The molecule has 0 spiro atoms. The largest absolute Gasteiger partial charge is 0.495 e. The van der Waals surface area contributed by atoms with Crippen LogP contribution in [0.15, 0.2) is 42.7 Å². The van der Waals surface area contributed by atoms with Gasteiger partial charge in [-0.05, 0) is 17.7 Å². The van der Waals surface area contributed by atoms with Crippen LogP contribution >= 0.6 is 0 Å². The topological polar surface area (TPSA) is 78.0 Å². The van der Waals surface area contributed by atoms with Gasteiger partial charge in [0.25, 0.3) is 0 Å². The van der Waals surface area contributed by atoms with Crippen molar-refractivity contribution in [3.05, 3.63) is 54.0 Å². The van der Waals surface area contributed by atoms with Gasteiger partial charge in [-0.2, -0.15) is 5.10 Å². The van der Waals surface area contributed by atoms with E-state index in [0.29, 0.717) is 5.75 Å². The lowest BCUT2D eigenvalue weighted by atomic mass is 10.0. The average Bonchev–Trinajstić information content (AvgIpc) is 2.86. The molecule has 0 bridgehead atoms. The fourth-order valence-corrected chi connectivity index (χ4v) is 2.49. The van der Waals surface area contributed by atoms with E-state index < -0.39 is 0 Å². The van der Waals surface area contributed by atoms with Crippen LogP contribution in [0.25, 0.3) is 10.9 Å². The van der Waals surface area contributed by atoms with Crippen LogP contribution in [-0.2, 0) is 7.05 Å². The summed E-state index contributed by atoms with van der Waals surface area (Å²) in [5.41, 5.74) is 5.65. The first-order valence-corrected chi connectivity index (χ1v) is 6.61. The molecular weight excluding hydrogens is 266 g/mol. The van der Waals surface area contributed by atoms with E-state index in [-0.39, 0.29) is 6.04 Å². The molecule has 2 aromatic heterocycles. The lowest BCUT2D eigenvalue weighted by molar-refractivity contribution is 0.411. The van der Waals surface area contributed by atoms with Gasteiger partial charge in [0.15, 0.2) is 0 Å². The predicted octanol–water partition coefficient (Wildman–Crippen LogP) is 1.53. The maximum atomic E-state index is 5.76. The second kappa shape index (κ2) is 5.51. The number of para-hydroxylation sites is 1. The molecule has 3 N–H and O–H groups in total. The van der Waals surface area contributed by atoms with Crippen molar-refractivity contribution in [1.82, 2.24) is 20.2 Å². The molecule has 0 radical (unpaired) electrons. The Morgan fingerprint density at radius 1 is 1.29 bits per heavy atom. The van der Waals surface area contributed by atoms with Gasteiger partial charge in [0.1, 0.15) is 5.75 Å². The number of rotatable bonds is 4. The number of hydrogen-bond acceptors (Lipinski definition) is 5. The van der Waals surface area contributed by atoms with Crippen molar-refractivity contribution in [2.45, 2.75) is 6.04 Å². The van der Waals surface area contributed by atoms with Gasteiger partial charge in [-0.25, -0.2) is 5.43 Å². The Kier molecular flexibility index (Phi) is 3.55. The number of nitrogens with two attached hydrogens (primary N) is 1. The number of ether oxygens (including phenoxy) is 1. The molecule has 0 aliphatic heterocycles. The SMILES string of the molecule is COc1cncc(C(NN)c2nn(C)c3ccccc23)c1. The number of methoxy groups -OCH3 is 1. The second-order valence-electron chi connectivity index (χ2n) is 4.78. The molecule has 108 valence electrons. The van der Waals surface area contributed by atoms with E-state index in [1.54, 1.807) is 19.5 Å². The van der Waals surface area contributed by atoms with Crippen LogP contribution in [0, 0.1) is 0 Å². The molecule has 6 nitrogen and oxygen atoms in total. The third-order valence-corrected chi connectivity index (χ3v) is 3.53. The first-order chi connectivity index (χ1) is 10.2. The molecule has 0 amide bonds. The lowest BCUT2D eigenvalue weighted by Gasteiger charge is -2.15. The lowest BCUT2D eigenvalue weighted by Crippen LogP contribution is -2.29. The van der Waals surface area contributed by atoms with Gasteiger partial charge in [0, 0.05) is 18.6 Å². The Morgan fingerprint density at radius 2 is 2.10 bits per heavy atom. The van der Waals surface area contributed by atoms with Crippen LogP contribution < -0.4 is 16.0 Å². The van der Waals surface area contributed by atoms with Gasteiger partial charge < -0.3 is 4.74 Å². The van der Waals surface area contributed by atoms with E-state index in [9.17, 15) is 0 Å². The molecule has 0 saturated carbocycles. The number of aromatic nitrogens is 3. The Balaban J connectivity index is 2.14. The number of nitrogens with one attached hydrogen (secondary N) is 1. The first-order valence-electron chi connectivity index (χ1n) is 6.61. The van der Waals surface area contributed by atoms with E-state index in [1.807, 2.05) is 42.1 Å². The van der Waals surface area contributed by atoms with Gasteiger partial charge >= 0.3 is 0 Å². The molecule has 6 heteroatoms. The zero-order chi connectivity index (χ0) is 14.8. The average molecular weight is 283 g/mol. The minimum Gasteiger partial charge on any atom is -0.495 e. The molecule has 1 atom stereocenters. The summed E-state index contributed by atoms with van der Waals surface area (Å²) >= 11 is 0. The number of hydrogen-bond donors (Lipinski definition) is 2. The van der Waals surface area contributed by atoms with Gasteiger partial charge in [-0.3, -0.25) is 15.5 Å². The molecule has 21 heavy (non-hydrogen) atoms. The maximum Gasteiger partial charge on any atom is 0.137 e. The van der Waals surface area contributed by atoms with Gasteiger partial charge in [0.05, 0.1) is 30.6 Å². The molecule has 1 aromatic carbocycles. The maximum absolute atomic E-state index is 5.76. The van der Waals surface area contributed by atoms with E-state index in [2.05, 4.69) is 15.5 Å². The normalized spacial score (nSPS) is 12.5. The summed E-state index contributed by atoms with van der Waals surface area (Å²) in [5.74, 6) is 6.45. The smallest absolute Gasteiger partial charge is 0.137 e. The zero-order valence-corrected chi connectivity index (χ0v) is 11.9. The van der Waals surface area contributed by atoms with Gasteiger partial charge in [0.2, 0.25) is 0 Å². The standard InChI is InChI=1S/C15H17N5O/c1-20-13-6-4-3-5-12(13)15(19-20)14(18-16)10-7-11(21-2)9-17-8-10/h3-9,14,18H,16H2,1-2H3. The minimum absolute atomic E-state index is 0.251. The Labute approximate surface area is 122 Å². The van der Waals surface area contributed by atoms with Crippen molar-refractivity contribution in [2.24, 2.45) is 12.9 Å². The molecular formula is C15H17N5O. The summed E-state index contributed by atoms with van der Waals surface area (Å²) in [5, 5.41) is 5.66. The first kappa shape index (κ1) is 13.5. The van der Waals surface area contributed by atoms with Crippen LogP contribution in [0.1, 0.15) is 17.3 Å². The van der Waals surface area contributed by atoms with Crippen LogP contribution in [0.2, 0.25) is 0 Å². The monoisotopic (exact) mass is 283 g/mol. The Morgan fingerprint density at radius 3 is 2.86 bits per heavy atom. The van der Waals surface area contributed by atoms with E-state index in [4.69, 9.17) is 10.6 Å². The van der Waals surface area contributed by atoms with Crippen molar-refractivity contribution >= 4 is 10.9 Å². The van der Waals surface area contributed by atoms with Crippen molar-refractivity contribution in [3.63, 3.8) is 0 Å². The summed E-state index contributed by atoms with van der Waals surface area (Å²) in [6, 6.07) is 9.70. The molecule has 0 fully saturated rings. The fourth-order valence-electron chi connectivity index (χ4n) is 2.49. The highest BCUT2D eigenvalue weighted by atomic mass is 16.5. The highest BCUT2D eigenvalue weighted by molar-refractivity contribution is 5.82. The third kappa shape index (κ3) is 2.35. The summed E-state index contributed by atoms with van der Waals surface area (Å²) in [7, 11) is 3.53. The minimum atomic E-state index is -0.251. The molecule has 0 saturated heterocycles. The number of nitrogens with zero attached hydrogens (tertiary/aromatic N) is 3. The van der Waals surface area contributed by atoms with Crippen molar-refractivity contribution in [3.8, 4) is 5.75 Å². The molecule has 0 aliphatic carbocycles. The third-order valence-electron chi connectivity index (χ3n) is 3.53. The van der Waals surface area contributed by atoms with Crippen molar-refractivity contribution in [2.75, 3.05) is 7.11 Å². The van der Waals surface area contributed by atoms with E-state index in [0.717, 1.165) is 22.2 Å². The quantitative estimate of drug-likeness (QED) is 0.561. The number of fused-ring (bicyclic) bond motifs is 1. The second-order valence-corrected chi connectivity index (χ2v) is 4.78. The van der Waals surface area contributed by atoms with Gasteiger partial charge in [-0.1, -0.05) is 18.2 Å². The van der Waals surface area contributed by atoms with Gasteiger partial charge in [-0.15, -0.1) is 0 Å². The van der Waals surface area contributed by atoms with Crippen molar-refractivity contribution in [1.29, 1.82) is 0 Å². The van der Waals surface area contributed by atoms with Crippen LogP contribution in [0.4, 0.5) is 0 Å². The van der Waals surface area contributed by atoms with E-state index >= 15 is 0 Å². The fraction of sp³-hybridized carbons (Fsp3) is 0.200. The summed E-state index contributed by atoms with van der Waals surface area (Å²) in [6.07, 6.45) is 3.42. The number of pyridine rings is 1. The summed E-state index contributed by atoms with van der Waals surface area (Å²) in [4.78, 5) is 4.18. The molecule has 1 unspecified atom stereocenters. The van der Waals surface area contributed by atoms with Crippen LogP contribution in [0.3, 0.4) is 0 Å². The highest BCUT2D eigenvalue weighted by Gasteiger charge is 2.20. The number of benzene rings is 1. The zero-order valence-electron chi connectivity index (χ0n) is 11.9. The molecule has 3 rings (SSSR count). The van der Waals surface area contributed by atoms with Crippen molar-refractivity contribution < 1.29 is 4.74 Å². The molecule has 0 aliphatic rings. The predicted molar refractivity (Wildman–Crippen MR) is 80.7 cm³/mol.